The Morgan fingerprint density at radius 2 is 2.45 bits per heavy atom. The number of nitrogens with one attached hydrogen (secondary N) is 2. The van der Waals surface area contributed by atoms with Crippen LogP contribution in [0.1, 0.15) is 26.7 Å². The highest BCUT2D eigenvalue weighted by Crippen LogP contribution is 2.08. The third kappa shape index (κ3) is 2.50. The van der Waals surface area contributed by atoms with E-state index in [0.29, 0.717) is 12.1 Å². The molecule has 3 heteroatoms. The van der Waals surface area contributed by atoms with Crippen LogP contribution in [0.15, 0.2) is 0 Å². The molecule has 0 saturated carbocycles. The van der Waals surface area contributed by atoms with Crippen LogP contribution in [0.4, 0.5) is 0 Å². The summed E-state index contributed by atoms with van der Waals surface area (Å²) < 4.78 is 0. The fraction of sp³-hybridized carbons (Fsp3) is 0.875. The van der Waals surface area contributed by atoms with Crippen LogP contribution in [0.2, 0.25) is 0 Å². The van der Waals surface area contributed by atoms with E-state index in [-0.39, 0.29) is 5.91 Å². The van der Waals surface area contributed by atoms with Gasteiger partial charge >= 0.3 is 0 Å². The van der Waals surface area contributed by atoms with Crippen LogP contribution in [0, 0.1) is 0 Å². The molecule has 11 heavy (non-hydrogen) atoms. The largest absolute Gasteiger partial charge is 0.352 e. The molecule has 2 N–H and O–H groups in total. The molecule has 0 aromatic carbocycles. The highest BCUT2D eigenvalue weighted by atomic mass is 16.1. The van der Waals surface area contributed by atoms with Gasteiger partial charge in [0, 0.05) is 25.6 Å². The summed E-state index contributed by atoms with van der Waals surface area (Å²) in [5.74, 6) is 0.0774. The van der Waals surface area contributed by atoms with E-state index >= 15 is 0 Å². The van der Waals surface area contributed by atoms with E-state index in [1.165, 1.54) is 0 Å². The van der Waals surface area contributed by atoms with Crippen LogP contribution in [-0.2, 0) is 4.79 Å². The molecule has 2 atom stereocenters. The summed E-state index contributed by atoms with van der Waals surface area (Å²) in [7, 11) is 0. The van der Waals surface area contributed by atoms with Gasteiger partial charge in [-0.15, -0.1) is 0 Å². The van der Waals surface area contributed by atoms with Gasteiger partial charge in [0.05, 0.1) is 0 Å². The lowest BCUT2D eigenvalue weighted by Gasteiger charge is -2.08. The number of hydrogen-bond acceptors (Lipinski definition) is 2. The molecule has 0 aromatic heterocycles. The minimum absolute atomic E-state index is 0.0774. The van der Waals surface area contributed by atoms with Crippen molar-refractivity contribution >= 4 is 5.91 Å². The Hall–Kier alpha value is -0.570. The number of carbonyl (C=O) groups is 1. The van der Waals surface area contributed by atoms with Crippen LogP contribution in [0.5, 0.6) is 0 Å². The lowest BCUT2D eigenvalue weighted by atomic mass is 10.1. The van der Waals surface area contributed by atoms with Crippen molar-refractivity contribution in [2.24, 2.45) is 0 Å². The standard InChI is InChI=1S/C8H16N2O/c1-3-7-4-8(5-9-7)10-6(2)11/h7-9H,3-5H2,1-2H3,(H,10,11)/t7-,8-/m0/s1. The molecule has 0 aromatic rings. The Bertz CT molecular complexity index is 147. The Kier molecular flexibility index (Phi) is 2.88. The summed E-state index contributed by atoms with van der Waals surface area (Å²) >= 11 is 0. The van der Waals surface area contributed by atoms with Crippen LogP contribution in [0.25, 0.3) is 0 Å². The molecular formula is C8H16N2O. The number of hydrogen-bond donors (Lipinski definition) is 2. The molecule has 0 unspecified atom stereocenters. The number of amides is 1. The van der Waals surface area contributed by atoms with Crippen LogP contribution < -0.4 is 10.6 Å². The quantitative estimate of drug-likeness (QED) is 0.602. The Labute approximate surface area is 67.5 Å². The van der Waals surface area contributed by atoms with Crippen LogP contribution in [-0.4, -0.2) is 24.5 Å². The van der Waals surface area contributed by atoms with Gasteiger partial charge in [-0.1, -0.05) is 6.92 Å². The van der Waals surface area contributed by atoms with Gasteiger partial charge in [0.15, 0.2) is 0 Å². The zero-order valence-corrected chi connectivity index (χ0v) is 7.18. The van der Waals surface area contributed by atoms with Crippen molar-refractivity contribution in [3.05, 3.63) is 0 Å². The van der Waals surface area contributed by atoms with Crippen molar-refractivity contribution in [2.45, 2.75) is 38.8 Å². The van der Waals surface area contributed by atoms with Crippen LogP contribution >= 0.6 is 0 Å². The average molecular weight is 156 g/mol. The van der Waals surface area contributed by atoms with Crippen LogP contribution in [0.3, 0.4) is 0 Å². The number of rotatable bonds is 2. The van der Waals surface area contributed by atoms with Gasteiger partial charge in [-0.05, 0) is 12.8 Å². The molecule has 1 fully saturated rings. The maximum absolute atomic E-state index is 10.7. The smallest absolute Gasteiger partial charge is 0.217 e. The van der Waals surface area contributed by atoms with Gasteiger partial charge in [-0.3, -0.25) is 4.79 Å². The maximum Gasteiger partial charge on any atom is 0.217 e. The van der Waals surface area contributed by atoms with E-state index in [9.17, 15) is 4.79 Å². The molecule has 64 valence electrons. The summed E-state index contributed by atoms with van der Waals surface area (Å²) in [6.45, 7) is 4.66. The Balaban J connectivity index is 2.24. The monoisotopic (exact) mass is 156 g/mol. The van der Waals surface area contributed by atoms with Crippen molar-refractivity contribution in [2.75, 3.05) is 6.54 Å². The zero-order valence-electron chi connectivity index (χ0n) is 7.18. The van der Waals surface area contributed by atoms with Gasteiger partial charge < -0.3 is 10.6 Å². The number of carbonyl (C=O) groups excluding carboxylic acids is 1. The van der Waals surface area contributed by atoms with E-state index in [4.69, 9.17) is 0 Å². The molecule has 3 nitrogen and oxygen atoms in total. The fourth-order valence-electron chi connectivity index (χ4n) is 1.53. The highest BCUT2D eigenvalue weighted by molar-refractivity contribution is 5.73. The van der Waals surface area contributed by atoms with Gasteiger partial charge in [-0.25, -0.2) is 0 Å². The molecule has 1 saturated heterocycles. The molecule has 0 spiro atoms. The van der Waals surface area contributed by atoms with Crippen molar-refractivity contribution < 1.29 is 4.79 Å². The van der Waals surface area contributed by atoms with Crippen molar-refractivity contribution in [1.29, 1.82) is 0 Å². The second-order valence-corrected chi connectivity index (χ2v) is 3.15. The second kappa shape index (κ2) is 3.72. The first-order valence-corrected chi connectivity index (χ1v) is 4.23. The summed E-state index contributed by atoms with van der Waals surface area (Å²) in [5, 5.41) is 6.25. The Morgan fingerprint density at radius 1 is 1.73 bits per heavy atom. The van der Waals surface area contributed by atoms with Crippen molar-refractivity contribution in [3.63, 3.8) is 0 Å². The predicted molar refractivity (Wildman–Crippen MR) is 44.3 cm³/mol. The van der Waals surface area contributed by atoms with E-state index in [1.807, 2.05) is 0 Å². The molecule has 0 radical (unpaired) electrons. The molecule has 1 aliphatic heterocycles. The predicted octanol–water partition coefficient (Wildman–Crippen LogP) is 0.263. The van der Waals surface area contributed by atoms with Crippen molar-refractivity contribution in [1.82, 2.24) is 10.6 Å². The third-order valence-electron chi connectivity index (χ3n) is 2.12. The fourth-order valence-corrected chi connectivity index (χ4v) is 1.53. The normalized spacial score (nSPS) is 30.4. The topological polar surface area (TPSA) is 41.1 Å². The van der Waals surface area contributed by atoms with E-state index < -0.39 is 0 Å². The van der Waals surface area contributed by atoms with Crippen molar-refractivity contribution in [3.8, 4) is 0 Å². The summed E-state index contributed by atoms with van der Waals surface area (Å²) in [4.78, 5) is 10.7. The first kappa shape index (κ1) is 8.53. The zero-order chi connectivity index (χ0) is 8.27. The molecule has 1 heterocycles. The van der Waals surface area contributed by atoms with Gasteiger partial charge in [0.25, 0.3) is 0 Å². The first-order valence-electron chi connectivity index (χ1n) is 4.23. The SMILES string of the molecule is CC[C@H]1C[C@H](NC(C)=O)CN1. The molecule has 0 bridgehead atoms. The Morgan fingerprint density at radius 3 is 2.91 bits per heavy atom. The maximum atomic E-state index is 10.7. The summed E-state index contributed by atoms with van der Waals surface area (Å²) in [6, 6.07) is 0.962. The lowest BCUT2D eigenvalue weighted by molar-refractivity contribution is -0.119. The highest BCUT2D eigenvalue weighted by Gasteiger charge is 2.22. The molecule has 1 rings (SSSR count). The second-order valence-electron chi connectivity index (χ2n) is 3.15. The molecule has 0 aliphatic carbocycles. The summed E-state index contributed by atoms with van der Waals surface area (Å²) in [5.41, 5.74) is 0. The van der Waals surface area contributed by atoms with E-state index in [0.717, 1.165) is 19.4 Å². The third-order valence-corrected chi connectivity index (χ3v) is 2.12. The van der Waals surface area contributed by atoms with E-state index in [1.54, 1.807) is 6.92 Å². The average Bonchev–Trinajstić information content (AvgIpc) is 2.34. The summed E-state index contributed by atoms with van der Waals surface area (Å²) in [6.07, 6.45) is 2.23. The minimum atomic E-state index is 0.0774. The molecule has 1 amide bonds. The van der Waals surface area contributed by atoms with E-state index in [2.05, 4.69) is 17.6 Å². The lowest BCUT2D eigenvalue weighted by Crippen LogP contribution is -2.34. The minimum Gasteiger partial charge on any atom is -0.352 e. The first-order chi connectivity index (χ1) is 5.22. The van der Waals surface area contributed by atoms with Gasteiger partial charge in [0.1, 0.15) is 0 Å². The van der Waals surface area contributed by atoms with Gasteiger partial charge in [0.2, 0.25) is 5.91 Å². The van der Waals surface area contributed by atoms with Gasteiger partial charge in [-0.2, -0.15) is 0 Å². The molecular weight excluding hydrogens is 140 g/mol. The molecule has 1 aliphatic rings.